The Morgan fingerprint density at radius 1 is 1.00 bits per heavy atom. The van der Waals surface area contributed by atoms with Gasteiger partial charge in [0.2, 0.25) is 5.91 Å². The number of non-ortho nitro benzene ring substituents is 1. The van der Waals surface area contributed by atoms with Gasteiger partial charge in [-0.15, -0.1) is 0 Å². The first-order chi connectivity index (χ1) is 13.3. The fourth-order valence-corrected chi connectivity index (χ4v) is 3.02. The fourth-order valence-electron chi connectivity index (χ4n) is 3.02. The molecule has 0 radical (unpaired) electrons. The molecule has 2 N–H and O–H groups in total. The van der Waals surface area contributed by atoms with Crippen molar-refractivity contribution in [3.05, 3.63) is 58.1 Å². The van der Waals surface area contributed by atoms with Crippen molar-refractivity contribution in [1.29, 1.82) is 0 Å². The van der Waals surface area contributed by atoms with Crippen molar-refractivity contribution in [3.8, 4) is 0 Å². The Kier molecular flexibility index (Phi) is 5.35. The molecular formula is C19H18N4O5. The first kappa shape index (κ1) is 19.0. The maximum atomic E-state index is 12.2. The Labute approximate surface area is 160 Å². The third-order valence-corrected chi connectivity index (χ3v) is 4.38. The second-order valence-electron chi connectivity index (χ2n) is 6.33. The number of fused-ring (bicyclic) bond motifs is 1. The summed E-state index contributed by atoms with van der Waals surface area (Å²) in [5.74, 6) is -1.88. The number of nitro benzene ring substituents is 1. The van der Waals surface area contributed by atoms with Gasteiger partial charge in [0.05, 0.1) is 4.92 Å². The maximum absolute atomic E-state index is 12.2. The molecule has 9 nitrogen and oxygen atoms in total. The van der Waals surface area contributed by atoms with Crippen LogP contribution in [0.4, 0.5) is 22.7 Å². The van der Waals surface area contributed by atoms with Gasteiger partial charge in [-0.25, -0.2) is 0 Å². The molecule has 3 rings (SSSR count). The van der Waals surface area contributed by atoms with E-state index < -0.39 is 16.7 Å². The lowest BCUT2D eigenvalue weighted by atomic mass is 10.0. The fraction of sp³-hybridized carbons (Fsp3) is 0.211. The van der Waals surface area contributed by atoms with E-state index in [1.807, 2.05) is 6.07 Å². The van der Waals surface area contributed by atoms with Gasteiger partial charge in [-0.05, 0) is 42.7 Å². The Morgan fingerprint density at radius 3 is 2.21 bits per heavy atom. The highest BCUT2D eigenvalue weighted by molar-refractivity contribution is 6.43. The smallest absolute Gasteiger partial charge is 0.314 e. The van der Waals surface area contributed by atoms with Gasteiger partial charge in [-0.2, -0.15) is 0 Å². The summed E-state index contributed by atoms with van der Waals surface area (Å²) < 4.78 is 0. The van der Waals surface area contributed by atoms with Gasteiger partial charge in [-0.1, -0.05) is 6.07 Å². The molecule has 0 spiro atoms. The van der Waals surface area contributed by atoms with Gasteiger partial charge in [-0.3, -0.25) is 24.5 Å². The van der Waals surface area contributed by atoms with Crippen molar-refractivity contribution in [1.82, 2.24) is 0 Å². The molecule has 2 aromatic carbocycles. The molecule has 2 aromatic rings. The first-order valence-electron chi connectivity index (χ1n) is 8.63. The van der Waals surface area contributed by atoms with Gasteiger partial charge >= 0.3 is 11.8 Å². The Morgan fingerprint density at radius 2 is 1.61 bits per heavy atom. The van der Waals surface area contributed by atoms with E-state index in [9.17, 15) is 24.5 Å². The molecule has 3 amide bonds. The van der Waals surface area contributed by atoms with Crippen molar-refractivity contribution < 1.29 is 19.3 Å². The maximum Gasteiger partial charge on any atom is 0.314 e. The number of nitrogens with one attached hydrogen (secondary N) is 2. The minimum atomic E-state index is -0.907. The number of rotatable bonds is 3. The number of carbonyl (C=O) groups is 3. The summed E-state index contributed by atoms with van der Waals surface area (Å²) in [5.41, 5.74) is 2.28. The normalized spacial score (nSPS) is 12.7. The zero-order valence-corrected chi connectivity index (χ0v) is 15.1. The van der Waals surface area contributed by atoms with Crippen molar-refractivity contribution in [2.24, 2.45) is 0 Å². The molecule has 0 atom stereocenters. The van der Waals surface area contributed by atoms with Gasteiger partial charge in [0.25, 0.3) is 5.69 Å². The molecule has 1 heterocycles. The predicted molar refractivity (Wildman–Crippen MR) is 103 cm³/mol. The molecular weight excluding hydrogens is 364 g/mol. The SMILES string of the molecule is CC(=O)N1CCCc2ccc(NC(=O)C(=O)Nc3ccc([N+](=O)[O-])cc3)cc21. The van der Waals surface area contributed by atoms with Gasteiger partial charge in [0.1, 0.15) is 0 Å². The van der Waals surface area contributed by atoms with E-state index >= 15 is 0 Å². The van der Waals surface area contributed by atoms with E-state index in [0.717, 1.165) is 24.1 Å². The largest absolute Gasteiger partial charge is 0.318 e. The summed E-state index contributed by atoms with van der Waals surface area (Å²) in [6.45, 7) is 2.10. The number of benzene rings is 2. The Balaban J connectivity index is 1.68. The lowest BCUT2D eigenvalue weighted by Crippen LogP contribution is -2.34. The molecule has 0 saturated heterocycles. The van der Waals surface area contributed by atoms with E-state index in [0.29, 0.717) is 12.2 Å². The minimum Gasteiger partial charge on any atom is -0.318 e. The molecule has 9 heteroatoms. The topological polar surface area (TPSA) is 122 Å². The van der Waals surface area contributed by atoms with Crippen LogP contribution in [0, 0.1) is 10.1 Å². The number of amides is 3. The van der Waals surface area contributed by atoms with Crippen LogP contribution in [0.25, 0.3) is 0 Å². The lowest BCUT2D eigenvalue weighted by molar-refractivity contribution is -0.384. The zero-order chi connectivity index (χ0) is 20.3. The summed E-state index contributed by atoms with van der Waals surface area (Å²) in [5, 5.41) is 15.5. The predicted octanol–water partition coefficient (Wildman–Crippen LogP) is 2.47. The number of nitrogens with zero attached hydrogens (tertiary/aromatic N) is 2. The molecule has 1 aliphatic heterocycles. The van der Waals surface area contributed by atoms with Crippen LogP contribution in [0.5, 0.6) is 0 Å². The Bertz CT molecular complexity index is 955. The molecule has 144 valence electrons. The van der Waals surface area contributed by atoms with Crippen LogP contribution in [0.2, 0.25) is 0 Å². The third kappa shape index (κ3) is 4.14. The van der Waals surface area contributed by atoms with Gasteiger partial charge < -0.3 is 15.5 Å². The molecule has 1 aliphatic rings. The molecule has 0 aliphatic carbocycles. The van der Waals surface area contributed by atoms with Crippen LogP contribution in [0.15, 0.2) is 42.5 Å². The molecule has 28 heavy (non-hydrogen) atoms. The van der Waals surface area contributed by atoms with Crippen molar-refractivity contribution in [2.75, 3.05) is 22.1 Å². The van der Waals surface area contributed by atoms with E-state index in [2.05, 4.69) is 10.6 Å². The molecule has 0 saturated carbocycles. The molecule has 0 aromatic heterocycles. The highest BCUT2D eigenvalue weighted by atomic mass is 16.6. The van der Waals surface area contributed by atoms with E-state index in [-0.39, 0.29) is 17.3 Å². The van der Waals surface area contributed by atoms with Crippen LogP contribution in [-0.2, 0) is 20.8 Å². The van der Waals surface area contributed by atoms with Gasteiger partial charge in [0.15, 0.2) is 0 Å². The Hall–Kier alpha value is -3.75. The monoisotopic (exact) mass is 382 g/mol. The second kappa shape index (κ2) is 7.87. The van der Waals surface area contributed by atoms with Crippen LogP contribution >= 0.6 is 0 Å². The average molecular weight is 382 g/mol. The lowest BCUT2D eigenvalue weighted by Gasteiger charge is -2.29. The second-order valence-corrected chi connectivity index (χ2v) is 6.33. The van der Waals surface area contributed by atoms with Gasteiger partial charge in [0, 0.05) is 42.7 Å². The van der Waals surface area contributed by atoms with Crippen LogP contribution in [-0.4, -0.2) is 29.2 Å². The number of aryl methyl sites for hydroxylation is 1. The van der Waals surface area contributed by atoms with Crippen LogP contribution < -0.4 is 15.5 Å². The van der Waals surface area contributed by atoms with Crippen molar-refractivity contribution in [2.45, 2.75) is 19.8 Å². The number of anilines is 3. The molecule has 0 bridgehead atoms. The standard InChI is InChI=1S/C19H18N4O5/c1-12(24)22-10-2-3-13-4-5-15(11-17(13)22)21-19(26)18(25)20-14-6-8-16(9-7-14)23(27)28/h4-9,11H,2-3,10H2,1H3,(H,20,25)(H,21,26). The van der Waals surface area contributed by atoms with Crippen LogP contribution in [0.1, 0.15) is 18.9 Å². The highest BCUT2D eigenvalue weighted by Gasteiger charge is 2.21. The highest BCUT2D eigenvalue weighted by Crippen LogP contribution is 2.30. The number of carbonyl (C=O) groups excluding carboxylic acids is 3. The number of hydrogen-bond acceptors (Lipinski definition) is 5. The first-order valence-corrected chi connectivity index (χ1v) is 8.63. The van der Waals surface area contributed by atoms with Crippen molar-refractivity contribution in [3.63, 3.8) is 0 Å². The molecule has 0 unspecified atom stereocenters. The summed E-state index contributed by atoms with van der Waals surface area (Å²) in [6, 6.07) is 10.3. The van der Waals surface area contributed by atoms with E-state index in [1.54, 1.807) is 17.0 Å². The number of nitro groups is 1. The van der Waals surface area contributed by atoms with E-state index in [4.69, 9.17) is 0 Å². The summed E-state index contributed by atoms with van der Waals surface area (Å²) in [7, 11) is 0. The van der Waals surface area contributed by atoms with E-state index in [1.165, 1.54) is 31.2 Å². The summed E-state index contributed by atoms with van der Waals surface area (Å²) in [6.07, 6.45) is 1.71. The third-order valence-electron chi connectivity index (χ3n) is 4.38. The summed E-state index contributed by atoms with van der Waals surface area (Å²) >= 11 is 0. The summed E-state index contributed by atoms with van der Waals surface area (Å²) in [4.78, 5) is 47.8. The zero-order valence-electron chi connectivity index (χ0n) is 15.1. The molecule has 0 fully saturated rings. The van der Waals surface area contributed by atoms with Crippen molar-refractivity contribution >= 4 is 40.5 Å². The quantitative estimate of drug-likeness (QED) is 0.480. The number of hydrogen-bond donors (Lipinski definition) is 2. The minimum absolute atomic E-state index is 0.0830. The van der Waals surface area contributed by atoms with Crippen LogP contribution in [0.3, 0.4) is 0 Å². The average Bonchev–Trinajstić information content (AvgIpc) is 2.67.